The molecule has 1 saturated heterocycles. The Morgan fingerprint density at radius 2 is 1.35 bits per heavy atom. The Labute approximate surface area is 165 Å². The van der Waals surface area contributed by atoms with Crippen LogP contribution in [0.25, 0.3) is 0 Å². The zero-order valence-electron chi connectivity index (χ0n) is 15.9. The summed E-state index contributed by atoms with van der Waals surface area (Å²) in [6.07, 6.45) is 4.00. The van der Waals surface area contributed by atoms with Crippen molar-refractivity contribution in [2.75, 3.05) is 19.6 Å². The zero-order valence-corrected chi connectivity index (χ0v) is 16.8. The largest absolute Gasteiger partial charge is 0.292 e. The molecule has 3 rings (SSSR count). The number of hydrogen-bond donors (Lipinski definition) is 0. The standard InChI is InChI=1S/C24H29N.ClH/c1-21(2)24(22-13-6-3-7-14-22,23-15-8-4-9-16-23)17-12-20-25-18-10-5-11-19-25;/h3-4,6-9,13-16,21H,5,10-11,18-20H2,1-2H3;1H. The van der Waals surface area contributed by atoms with Crippen molar-refractivity contribution in [2.45, 2.75) is 38.5 Å². The first-order valence-electron chi connectivity index (χ1n) is 9.57. The fourth-order valence-corrected chi connectivity index (χ4v) is 3.93. The van der Waals surface area contributed by atoms with Gasteiger partial charge in [0.1, 0.15) is 0 Å². The summed E-state index contributed by atoms with van der Waals surface area (Å²) in [5.41, 5.74) is 2.34. The van der Waals surface area contributed by atoms with Gasteiger partial charge in [-0.25, -0.2) is 0 Å². The number of hydrogen-bond acceptors (Lipinski definition) is 1. The molecular weight excluding hydrogens is 338 g/mol. The molecule has 0 amide bonds. The molecule has 138 valence electrons. The summed E-state index contributed by atoms with van der Waals surface area (Å²) in [5.74, 6) is 7.67. The quantitative estimate of drug-likeness (QED) is 0.641. The molecule has 1 fully saturated rings. The second-order valence-electron chi connectivity index (χ2n) is 7.33. The van der Waals surface area contributed by atoms with Gasteiger partial charge in [-0.1, -0.05) is 92.8 Å². The monoisotopic (exact) mass is 367 g/mol. The van der Waals surface area contributed by atoms with Crippen molar-refractivity contribution in [3.05, 3.63) is 71.8 Å². The van der Waals surface area contributed by atoms with Crippen molar-refractivity contribution in [1.82, 2.24) is 4.90 Å². The molecular formula is C24H30ClN. The van der Waals surface area contributed by atoms with Crippen molar-refractivity contribution >= 4 is 12.4 Å². The molecule has 1 aliphatic heterocycles. The van der Waals surface area contributed by atoms with Gasteiger partial charge in [0.2, 0.25) is 0 Å². The summed E-state index contributed by atoms with van der Waals surface area (Å²) in [6, 6.07) is 21.6. The number of halogens is 1. The van der Waals surface area contributed by atoms with E-state index >= 15 is 0 Å². The number of rotatable bonds is 4. The van der Waals surface area contributed by atoms with Crippen molar-refractivity contribution in [2.24, 2.45) is 5.92 Å². The molecule has 1 heterocycles. The molecule has 0 N–H and O–H groups in total. The second-order valence-corrected chi connectivity index (χ2v) is 7.33. The first kappa shape index (κ1) is 20.6. The van der Waals surface area contributed by atoms with Gasteiger partial charge in [-0.2, -0.15) is 0 Å². The first-order valence-corrected chi connectivity index (χ1v) is 9.57. The van der Waals surface area contributed by atoms with E-state index in [1.54, 1.807) is 0 Å². The van der Waals surface area contributed by atoms with Gasteiger partial charge in [-0.15, -0.1) is 12.4 Å². The molecule has 0 unspecified atom stereocenters. The molecule has 0 spiro atoms. The van der Waals surface area contributed by atoms with Crippen LogP contribution in [0.4, 0.5) is 0 Å². The van der Waals surface area contributed by atoms with Crippen LogP contribution in [-0.4, -0.2) is 24.5 Å². The lowest BCUT2D eigenvalue weighted by Gasteiger charge is -2.34. The highest BCUT2D eigenvalue weighted by atomic mass is 35.5. The van der Waals surface area contributed by atoms with Gasteiger partial charge < -0.3 is 0 Å². The second kappa shape index (κ2) is 9.81. The molecule has 0 aliphatic carbocycles. The van der Waals surface area contributed by atoms with E-state index in [1.807, 2.05) is 0 Å². The Kier molecular flexibility index (Phi) is 7.76. The third-order valence-corrected chi connectivity index (χ3v) is 5.36. The molecule has 26 heavy (non-hydrogen) atoms. The average molecular weight is 368 g/mol. The number of likely N-dealkylation sites (tertiary alicyclic amines) is 1. The molecule has 2 aromatic carbocycles. The maximum atomic E-state index is 3.72. The lowest BCUT2D eigenvalue weighted by molar-refractivity contribution is 0.255. The van der Waals surface area contributed by atoms with Gasteiger partial charge in [0.15, 0.2) is 0 Å². The predicted octanol–water partition coefficient (Wildman–Crippen LogP) is 5.54. The Bertz CT molecular complexity index is 667. The normalized spacial score (nSPS) is 15.0. The van der Waals surface area contributed by atoms with Crippen molar-refractivity contribution in [1.29, 1.82) is 0 Å². The number of piperidine rings is 1. The van der Waals surface area contributed by atoms with E-state index in [0.29, 0.717) is 5.92 Å². The van der Waals surface area contributed by atoms with Gasteiger partial charge >= 0.3 is 0 Å². The minimum absolute atomic E-state index is 0. The molecule has 0 aromatic heterocycles. The highest BCUT2D eigenvalue weighted by Crippen LogP contribution is 2.38. The molecule has 0 saturated carbocycles. The van der Waals surface area contributed by atoms with Crippen LogP contribution in [0, 0.1) is 17.8 Å². The van der Waals surface area contributed by atoms with Crippen LogP contribution in [-0.2, 0) is 5.41 Å². The maximum absolute atomic E-state index is 3.72. The highest BCUT2D eigenvalue weighted by molar-refractivity contribution is 5.85. The smallest absolute Gasteiger partial charge is 0.0835 e. The summed E-state index contributed by atoms with van der Waals surface area (Å²) in [5, 5.41) is 0. The summed E-state index contributed by atoms with van der Waals surface area (Å²) < 4.78 is 0. The minimum atomic E-state index is -0.252. The Hall–Kier alpha value is -1.75. The fourth-order valence-electron chi connectivity index (χ4n) is 3.93. The molecule has 2 heteroatoms. The Morgan fingerprint density at radius 1 is 0.846 bits per heavy atom. The van der Waals surface area contributed by atoms with Crippen LogP contribution >= 0.6 is 12.4 Å². The Morgan fingerprint density at radius 3 is 1.81 bits per heavy atom. The third-order valence-electron chi connectivity index (χ3n) is 5.36. The van der Waals surface area contributed by atoms with E-state index < -0.39 is 0 Å². The van der Waals surface area contributed by atoms with E-state index in [0.717, 1.165) is 6.54 Å². The van der Waals surface area contributed by atoms with Crippen LogP contribution < -0.4 is 0 Å². The van der Waals surface area contributed by atoms with Crippen LogP contribution in [0.15, 0.2) is 60.7 Å². The van der Waals surface area contributed by atoms with E-state index in [9.17, 15) is 0 Å². The minimum Gasteiger partial charge on any atom is -0.292 e. The van der Waals surface area contributed by atoms with Crippen LogP contribution in [0.5, 0.6) is 0 Å². The van der Waals surface area contributed by atoms with E-state index in [4.69, 9.17) is 0 Å². The topological polar surface area (TPSA) is 3.24 Å². The lowest BCUT2D eigenvalue weighted by Crippen LogP contribution is -2.33. The average Bonchev–Trinajstić information content (AvgIpc) is 2.67. The predicted molar refractivity (Wildman–Crippen MR) is 114 cm³/mol. The summed E-state index contributed by atoms with van der Waals surface area (Å²) >= 11 is 0. The van der Waals surface area contributed by atoms with Gasteiger partial charge in [-0.3, -0.25) is 4.90 Å². The molecule has 1 aliphatic rings. The molecule has 1 nitrogen and oxygen atoms in total. The van der Waals surface area contributed by atoms with Crippen LogP contribution in [0.3, 0.4) is 0 Å². The van der Waals surface area contributed by atoms with Crippen LogP contribution in [0.2, 0.25) is 0 Å². The number of benzene rings is 2. The van der Waals surface area contributed by atoms with Gasteiger partial charge in [0.05, 0.1) is 12.0 Å². The highest BCUT2D eigenvalue weighted by Gasteiger charge is 2.35. The summed E-state index contributed by atoms with van der Waals surface area (Å²) in [7, 11) is 0. The van der Waals surface area contributed by atoms with Gasteiger partial charge in [0.25, 0.3) is 0 Å². The number of nitrogens with zero attached hydrogens (tertiary/aromatic N) is 1. The lowest BCUT2D eigenvalue weighted by atomic mass is 9.67. The SMILES string of the molecule is CC(C)C(C#CCN1CCCCC1)(c1ccccc1)c1ccccc1.Cl. The molecule has 0 atom stereocenters. The first-order chi connectivity index (χ1) is 12.2. The van der Waals surface area contributed by atoms with E-state index in [2.05, 4.69) is 91.3 Å². The van der Waals surface area contributed by atoms with Crippen LogP contribution in [0.1, 0.15) is 44.2 Å². The van der Waals surface area contributed by atoms with Crippen molar-refractivity contribution < 1.29 is 0 Å². The summed E-state index contributed by atoms with van der Waals surface area (Å²) in [4.78, 5) is 2.50. The van der Waals surface area contributed by atoms with E-state index in [-0.39, 0.29) is 17.8 Å². The van der Waals surface area contributed by atoms with Gasteiger partial charge in [-0.05, 0) is 43.0 Å². The summed E-state index contributed by atoms with van der Waals surface area (Å²) in [6.45, 7) is 7.85. The fraction of sp³-hybridized carbons (Fsp3) is 0.417. The molecule has 0 bridgehead atoms. The van der Waals surface area contributed by atoms with E-state index in [1.165, 1.54) is 43.5 Å². The maximum Gasteiger partial charge on any atom is 0.0835 e. The van der Waals surface area contributed by atoms with Gasteiger partial charge in [0, 0.05) is 0 Å². The molecule has 2 aromatic rings. The Balaban J connectivity index is 0.00000243. The zero-order chi connectivity index (χ0) is 17.5. The van der Waals surface area contributed by atoms with Crippen molar-refractivity contribution in [3.63, 3.8) is 0 Å². The third kappa shape index (κ3) is 4.50. The molecule has 0 radical (unpaired) electrons. The van der Waals surface area contributed by atoms with Crippen molar-refractivity contribution in [3.8, 4) is 11.8 Å².